The Hall–Kier alpha value is -1.78. The first-order valence-corrected chi connectivity index (χ1v) is 7.26. The van der Waals surface area contributed by atoms with Gasteiger partial charge in [0.15, 0.2) is 0 Å². The number of hydrogen-bond acceptors (Lipinski definition) is 4. The van der Waals surface area contributed by atoms with Crippen LogP contribution in [0.3, 0.4) is 0 Å². The predicted molar refractivity (Wildman–Crippen MR) is 79.3 cm³/mol. The normalized spacial score (nSPS) is 15.7. The van der Waals surface area contributed by atoms with Crippen molar-refractivity contribution in [3.8, 4) is 5.75 Å². The van der Waals surface area contributed by atoms with E-state index < -0.39 is 0 Å². The largest absolute Gasteiger partial charge is 0.493 e. The summed E-state index contributed by atoms with van der Waals surface area (Å²) < 4.78 is 5.51. The number of nitrogens with zero attached hydrogens (tertiary/aromatic N) is 1. The molecule has 1 saturated carbocycles. The molecule has 1 N–H and O–H groups in total. The second-order valence-corrected chi connectivity index (χ2v) is 5.52. The number of rotatable bonds is 8. The molecule has 0 heterocycles. The van der Waals surface area contributed by atoms with Gasteiger partial charge in [0.25, 0.3) is 5.69 Å². The van der Waals surface area contributed by atoms with E-state index in [2.05, 4.69) is 12.2 Å². The zero-order valence-corrected chi connectivity index (χ0v) is 12.1. The molecule has 0 aromatic heterocycles. The van der Waals surface area contributed by atoms with Crippen LogP contribution in [-0.4, -0.2) is 18.1 Å². The van der Waals surface area contributed by atoms with Gasteiger partial charge in [-0.05, 0) is 31.1 Å². The molecule has 1 aromatic carbocycles. The molecule has 0 aliphatic heterocycles. The highest BCUT2D eigenvalue weighted by atomic mass is 16.6. The molecular formula is C15H22N2O3. The number of nitro groups is 1. The molecule has 0 amide bonds. The Morgan fingerprint density at radius 2 is 2.20 bits per heavy atom. The zero-order chi connectivity index (χ0) is 14.5. The van der Waals surface area contributed by atoms with Crippen LogP contribution in [0.25, 0.3) is 0 Å². The smallest absolute Gasteiger partial charge is 0.275 e. The molecule has 0 bridgehead atoms. The van der Waals surface area contributed by atoms with Gasteiger partial charge in [0.05, 0.1) is 17.6 Å². The van der Waals surface area contributed by atoms with Crippen LogP contribution in [0.15, 0.2) is 18.2 Å². The van der Waals surface area contributed by atoms with Crippen LogP contribution in [0.4, 0.5) is 11.4 Å². The maximum atomic E-state index is 11.0. The number of non-ortho nitro benzene ring substituents is 1. The highest BCUT2D eigenvalue weighted by Gasteiger charge is 2.27. The lowest BCUT2D eigenvalue weighted by Gasteiger charge is -2.13. The van der Waals surface area contributed by atoms with Crippen LogP contribution in [0.2, 0.25) is 0 Å². The summed E-state index contributed by atoms with van der Waals surface area (Å²) in [6.07, 6.45) is 3.50. The first-order chi connectivity index (χ1) is 9.60. The van der Waals surface area contributed by atoms with Crippen LogP contribution in [0.1, 0.15) is 33.1 Å². The third-order valence-corrected chi connectivity index (χ3v) is 3.63. The molecule has 1 atom stereocenters. The molecule has 1 aliphatic rings. The molecule has 1 aliphatic carbocycles. The number of nitrogens with one attached hydrogen (secondary N) is 1. The molecule has 1 unspecified atom stereocenters. The summed E-state index contributed by atoms with van der Waals surface area (Å²) >= 11 is 0. The van der Waals surface area contributed by atoms with Crippen molar-refractivity contribution in [2.24, 2.45) is 11.8 Å². The lowest BCUT2D eigenvalue weighted by Crippen LogP contribution is -2.13. The van der Waals surface area contributed by atoms with E-state index >= 15 is 0 Å². The third-order valence-electron chi connectivity index (χ3n) is 3.63. The lowest BCUT2D eigenvalue weighted by atomic mass is 10.1. The molecule has 1 aromatic rings. The average Bonchev–Trinajstić information content (AvgIpc) is 3.26. The van der Waals surface area contributed by atoms with Gasteiger partial charge in [0, 0.05) is 24.4 Å². The van der Waals surface area contributed by atoms with Gasteiger partial charge in [0.2, 0.25) is 0 Å². The van der Waals surface area contributed by atoms with Crippen LogP contribution < -0.4 is 10.1 Å². The number of anilines is 1. The van der Waals surface area contributed by atoms with Crippen molar-refractivity contribution in [2.45, 2.75) is 33.1 Å². The average molecular weight is 278 g/mol. The molecular weight excluding hydrogens is 256 g/mol. The Morgan fingerprint density at radius 3 is 2.80 bits per heavy atom. The minimum atomic E-state index is -0.381. The fourth-order valence-corrected chi connectivity index (χ4v) is 2.20. The molecule has 0 spiro atoms. The molecule has 1 fully saturated rings. The van der Waals surface area contributed by atoms with Gasteiger partial charge in [-0.1, -0.05) is 13.8 Å². The van der Waals surface area contributed by atoms with Crippen LogP contribution >= 0.6 is 0 Å². The third kappa shape index (κ3) is 4.11. The monoisotopic (exact) mass is 278 g/mol. The summed E-state index contributed by atoms with van der Waals surface area (Å²) in [6.45, 7) is 5.64. The van der Waals surface area contributed by atoms with E-state index in [4.69, 9.17) is 4.74 Å². The topological polar surface area (TPSA) is 64.4 Å². The van der Waals surface area contributed by atoms with E-state index in [0.717, 1.165) is 24.6 Å². The maximum absolute atomic E-state index is 11.0. The minimum absolute atomic E-state index is 0.0696. The van der Waals surface area contributed by atoms with Crippen molar-refractivity contribution < 1.29 is 9.66 Å². The Balaban J connectivity index is 2.04. The van der Waals surface area contributed by atoms with Gasteiger partial charge >= 0.3 is 0 Å². The SMILES string of the molecule is CCCOc1cc(NCC(C)C2CC2)cc([N+](=O)[O-])c1. The van der Waals surface area contributed by atoms with Gasteiger partial charge in [0.1, 0.15) is 5.75 Å². The van der Waals surface area contributed by atoms with Crippen molar-refractivity contribution >= 4 is 11.4 Å². The lowest BCUT2D eigenvalue weighted by molar-refractivity contribution is -0.384. The van der Waals surface area contributed by atoms with Crippen molar-refractivity contribution in [3.63, 3.8) is 0 Å². The van der Waals surface area contributed by atoms with E-state index in [0.29, 0.717) is 18.3 Å². The Kier molecular flexibility index (Phi) is 4.82. The molecule has 20 heavy (non-hydrogen) atoms. The van der Waals surface area contributed by atoms with Crippen LogP contribution in [0.5, 0.6) is 5.75 Å². The fourth-order valence-electron chi connectivity index (χ4n) is 2.20. The van der Waals surface area contributed by atoms with Crippen LogP contribution in [0, 0.1) is 22.0 Å². The molecule has 0 saturated heterocycles. The van der Waals surface area contributed by atoms with Crippen molar-refractivity contribution in [1.29, 1.82) is 0 Å². The summed E-state index contributed by atoms with van der Waals surface area (Å²) in [6, 6.07) is 4.88. The van der Waals surface area contributed by atoms with E-state index in [1.54, 1.807) is 6.07 Å². The van der Waals surface area contributed by atoms with Gasteiger partial charge in [-0.25, -0.2) is 0 Å². The molecule has 5 heteroatoms. The van der Waals surface area contributed by atoms with Gasteiger partial charge in [-0.3, -0.25) is 10.1 Å². The highest BCUT2D eigenvalue weighted by Crippen LogP contribution is 2.36. The zero-order valence-electron chi connectivity index (χ0n) is 12.1. The minimum Gasteiger partial charge on any atom is -0.493 e. The number of nitro benzene ring substituents is 1. The first-order valence-electron chi connectivity index (χ1n) is 7.26. The Bertz CT molecular complexity index is 472. The second-order valence-electron chi connectivity index (χ2n) is 5.52. The Morgan fingerprint density at radius 1 is 1.45 bits per heavy atom. The van der Waals surface area contributed by atoms with E-state index in [1.807, 2.05) is 13.0 Å². The summed E-state index contributed by atoms with van der Waals surface area (Å²) in [5.41, 5.74) is 0.831. The molecule has 0 radical (unpaired) electrons. The fraction of sp³-hybridized carbons (Fsp3) is 0.600. The molecule has 110 valence electrons. The second kappa shape index (κ2) is 6.59. The van der Waals surface area contributed by atoms with E-state index in [-0.39, 0.29) is 10.6 Å². The summed E-state index contributed by atoms with van der Waals surface area (Å²) in [7, 11) is 0. The predicted octanol–water partition coefficient (Wildman–Crippen LogP) is 3.84. The summed E-state index contributed by atoms with van der Waals surface area (Å²) in [5.74, 6) is 1.98. The summed E-state index contributed by atoms with van der Waals surface area (Å²) in [5, 5.41) is 14.3. The molecule has 5 nitrogen and oxygen atoms in total. The summed E-state index contributed by atoms with van der Waals surface area (Å²) in [4.78, 5) is 10.6. The van der Waals surface area contributed by atoms with Crippen LogP contribution in [-0.2, 0) is 0 Å². The van der Waals surface area contributed by atoms with E-state index in [9.17, 15) is 10.1 Å². The molecule has 2 rings (SSSR count). The first kappa shape index (κ1) is 14.6. The van der Waals surface area contributed by atoms with E-state index in [1.165, 1.54) is 18.9 Å². The van der Waals surface area contributed by atoms with Crippen molar-refractivity contribution in [2.75, 3.05) is 18.5 Å². The number of ether oxygens (including phenoxy) is 1. The Labute approximate surface area is 119 Å². The van der Waals surface area contributed by atoms with Gasteiger partial charge < -0.3 is 10.1 Å². The highest BCUT2D eigenvalue weighted by molar-refractivity contribution is 5.56. The number of benzene rings is 1. The standard InChI is InChI=1S/C15H22N2O3/c1-3-6-20-15-8-13(7-14(9-15)17(18)19)16-10-11(2)12-4-5-12/h7-9,11-12,16H,3-6,10H2,1-2H3. The maximum Gasteiger partial charge on any atom is 0.275 e. The quantitative estimate of drug-likeness (QED) is 0.579. The number of hydrogen-bond donors (Lipinski definition) is 1. The van der Waals surface area contributed by atoms with Gasteiger partial charge in [-0.2, -0.15) is 0 Å². The van der Waals surface area contributed by atoms with Crippen molar-refractivity contribution in [1.82, 2.24) is 0 Å². The van der Waals surface area contributed by atoms with Gasteiger partial charge in [-0.15, -0.1) is 0 Å². The van der Waals surface area contributed by atoms with Crippen molar-refractivity contribution in [3.05, 3.63) is 28.3 Å².